The number of benzene rings is 1. The number of rotatable bonds is 5. The van der Waals surface area contributed by atoms with Gasteiger partial charge in [0, 0.05) is 37.4 Å². The zero-order valence-corrected chi connectivity index (χ0v) is 18.0. The van der Waals surface area contributed by atoms with Crippen LogP contribution in [-0.4, -0.2) is 23.1 Å². The van der Waals surface area contributed by atoms with E-state index >= 15 is 0 Å². The Balaban J connectivity index is 2.07. The minimum atomic E-state index is -0.401. The second-order valence-corrected chi connectivity index (χ2v) is 8.00. The number of aromatic nitrogens is 5. The molecular weight excluding hydrogens is 413 g/mol. The lowest BCUT2D eigenvalue weighted by molar-refractivity contribution is 0.615. The molecule has 0 fully saturated rings. The predicted molar refractivity (Wildman–Crippen MR) is 116 cm³/mol. The third-order valence-electron chi connectivity index (χ3n) is 5.25. The van der Waals surface area contributed by atoms with E-state index in [0.717, 1.165) is 41.6 Å². The Bertz CT molecular complexity index is 1360. The molecule has 0 N–H and O–H groups in total. The lowest BCUT2D eigenvalue weighted by atomic mass is 10.1. The van der Waals surface area contributed by atoms with Gasteiger partial charge in [0.2, 0.25) is 5.78 Å². The Morgan fingerprint density at radius 3 is 2.52 bits per heavy atom. The Labute approximate surface area is 176 Å². The van der Waals surface area contributed by atoms with Crippen molar-refractivity contribution in [3.8, 4) is 11.3 Å². The Hall–Kier alpha value is -2.51. The quantitative estimate of drug-likeness (QED) is 0.448. The SMILES string of the molecule is CCCCCn1c(-c2ccc(Cl)cc2Cl)cn2c3c(=O)n(C)c(=O)n(C)c3nc12. The van der Waals surface area contributed by atoms with Crippen molar-refractivity contribution in [2.45, 2.75) is 32.7 Å². The van der Waals surface area contributed by atoms with E-state index in [-0.39, 0.29) is 5.56 Å². The van der Waals surface area contributed by atoms with Gasteiger partial charge in [-0.1, -0.05) is 43.0 Å². The maximum atomic E-state index is 12.8. The van der Waals surface area contributed by atoms with Crippen LogP contribution in [0.1, 0.15) is 26.2 Å². The molecule has 0 spiro atoms. The second-order valence-electron chi connectivity index (χ2n) is 7.16. The van der Waals surface area contributed by atoms with E-state index in [9.17, 15) is 9.59 Å². The molecule has 152 valence electrons. The zero-order chi connectivity index (χ0) is 20.9. The van der Waals surface area contributed by atoms with E-state index in [1.54, 1.807) is 23.6 Å². The third kappa shape index (κ3) is 3.09. The van der Waals surface area contributed by atoms with Crippen molar-refractivity contribution >= 4 is 40.1 Å². The molecule has 1 aromatic carbocycles. The molecule has 0 bridgehead atoms. The van der Waals surface area contributed by atoms with E-state index in [1.165, 1.54) is 11.6 Å². The van der Waals surface area contributed by atoms with Crippen LogP contribution in [0.15, 0.2) is 34.0 Å². The molecule has 0 radical (unpaired) electrons. The first-order chi connectivity index (χ1) is 13.8. The molecule has 0 unspecified atom stereocenters. The van der Waals surface area contributed by atoms with Crippen molar-refractivity contribution in [1.82, 2.24) is 23.1 Å². The molecular formula is C20H21Cl2N5O2. The highest BCUT2D eigenvalue weighted by atomic mass is 35.5. The normalized spacial score (nSPS) is 11.8. The molecule has 0 aliphatic heterocycles. The van der Waals surface area contributed by atoms with Crippen LogP contribution in [0.3, 0.4) is 0 Å². The van der Waals surface area contributed by atoms with E-state index in [4.69, 9.17) is 23.2 Å². The van der Waals surface area contributed by atoms with Gasteiger partial charge in [-0.25, -0.2) is 4.79 Å². The highest BCUT2D eigenvalue weighted by Crippen LogP contribution is 2.33. The summed E-state index contributed by atoms with van der Waals surface area (Å²) in [6, 6.07) is 5.35. The van der Waals surface area contributed by atoms with Gasteiger partial charge in [-0.05, 0) is 24.6 Å². The Morgan fingerprint density at radius 2 is 1.83 bits per heavy atom. The fourth-order valence-corrected chi connectivity index (χ4v) is 4.17. The van der Waals surface area contributed by atoms with Gasteiger partial charge in [-0.15, -0.1) is 0 Å². The number of hydrogen-bond acceptors (Lipinski definition) is 3. The molecule has 29 heavy (non-hydrogen) atoms. The second kappa shape index (κ2) is 7.39. The number of halogens is 2. The van der Waals surface area contributed by atoms with Crippen LogP contribution in [0.2, 0.25) is 10.0 Å². The van der Waals surface area contributed by atoms with Crippen LogP contribution >= 0.6 is 23.2 Å². The van der Waals surface area contributed by atoms with Crippen molar-refractivity contribution < 1.29 is 0 Å². The summed E-state index contributed by atoms with van der Waals surface area (Å²) in [7, 11) is 3.09. The van der Waals surface area contributed by atoms with Crippen molar-refractivity contribution in [3.05, 3.63) is 55.3 Å². The molecule has 0 aliphatic carbocycles. The first-order valence-electron chi connectivity index (χ1n) is 9.47. The van der Waals surface area contributed by atoms with Crippen LogP contribution in [0, 0.1) is 0 Å². The molecule has 0 aliphatic rings. The van der Waals surface area contributed by atoms with Crippen LogP contribution in [-0.2, 0) is 20.6 Å². The minimum Gasteiger partial charge on any atom is -0.310 e. The number of fused-ring (bicyclic) bond motifs is 3. The summed E-state index contributed by atoms with van der Waals surface area (Å²) in [5.74, 6) is 0.607. The fourth-order valence-electron chi connectivity index (χ4n) is 3.67. The van der Waals surface area contributed by atoms with Gasteiger partial charge >= 0.3 is 5.69 Å². The average molecular weight is 434 g/mol. The van der Waals surface area contributed by atoms with Gasteiger partial charge in [0.05, 0.1) is 10.7 Å². The highest BCUT2D eigenvalue weighted by Gasteiger charge is 2.21. The summed E-state index contributed by atoms with van der Waals surface area (Å²) in [4.78, 5) is 29.8. The minimum absolute atomic E-state index is 0.366. The molecule has 4 aromatic rings. The third-order valence-corrected chi connectivity index (χ3v) is 5.80. The molecule has 3 aromatic heterocycles. The van der Waals surface area contributed by atoms with Gasteiger partial charge < -0.3 is 4.57 Å². The Kier molecular flexibility index (Phi) is 5.04. The summed E-state index contributed by atoms with van der Waals surface area (Å²) in [6.45, 7) is 2.86. The van der Waals surface area contributed by atoms with Crippen LogP contribution in [0.4, 0.5) is 0 Å². The summed E-state index contributed by atoms with van der Waals surface area (Å²) >= 11 is 12.5. The molecule has 0 atom stereocenters. The van der Waals surface area contributed by atoms with E-state index in [1.807, 2.05) is 12.3 Å². The molecule has 7 nitrogen and oxygen atoms in total. The van der Waals surface area contributed by atoms with Crippen LogP contribution < -0.4 is 11.2 Å². The highest BCUT2D eigenvalue weighted by molar-refractivity contribution is 6.36. The molecule has 0 saturated heterocycles. The molecule has 9 heteroatoms. The lowest BCUT2D eigenvalue weighted by Crippen LogP contribution is -2.37. The number of unbranched alkanes of at least 4 members (excludes halogenated alkanes) is 2. The number of aryl methyl sites for hydroxylation is 2. The van der Waals surface area contributed by atoms with Gasteiger partial charge in [0.15, 0.2) is 11.2 Å². The van der Waals surface area contributed by atoms with Gasteiger partial charge in [0.25, 0.3) is 5.56 Å². The predicted octanol–water partition coefficient (Wildman–Crippen LogP) is 3.85. The van der Waals surface area contributed by atoms with Gasteiger partial charge in [-0.2, -0.15) is 4.98 Å². The molecule has 3 heterocycles. The summed E-state index contributed by atoms with van der Waals surface area (Å²) < 4.78 is 6.30. The molecule has 4 rings (SSSR count). The molecule has 0 amide bonds. The summed E-state index contributed by atoms with van der Waals surface area (Å²) in [6.07, 6.45) is 4.97. The summed E-state index contributed by atoms with van der Waals surface area (Å²) in [5, 5.41) is 1.08. The van der Waals surface area contributed by atoms with Crippen LogP contribution in [0.25, 0.3) is 28.2 Å². The van der Waals surface area contributed by atoms with Crippen molar-refractivity contribution in [2.75, 3.05) is 0 Å². The number of hydrogen-bond donors (Lipinski definition) is 0. The zero-order valence-electron chi connectivity index (χ0n) is 16.4. The smallest absolute Gasteiger partial charge is 0.310 e. The average Bonchev–Trinajstić information content (AvgIpc) is 3.22. The molecule has 0 saturated carbocycles. The van der Waals surface area contributed by atoms with Gasteiger partial charge in [0.1, 0.15) is 0 Å². The first kappa shape index (κ1) is 19.8. The monoisotopic (exact) mass is 433 g/mol. The lowest BCUT2D eigenvalue weighted by Gasteiger charge is -2.10. The number of imidazole rings is 2. The Morgan fingerprint density at radius 1 is 1.07 bits per heavy atom. The number of nitrogens with zero attached hydrogens (tertiary/aromatic N) is 5. The maximum Gasteiger partial charge on any atom is 0.332 e. The van der Waals surface area contributed by atoms with E-state index < -0.39 is 5.69 Å². The topological polar surface area (TPSA) is 66.2 Å². The van der Waals surface area contributed by atoms with E-state index in [0.29, 0.717) is 27.0 Å². The first-order valence-corrected chi connectivity index (χ1v) is 10.2. The largest absolute Gasteiger partial charge is 0.332 e. The van der Waals surface area contributed by atoms with Crippen molar-refractivity contribution in [3.63, 3.8) is 0 Å². The van der Waals surface area contributed by atoms with E-state index in [2.05, 4.69) is 16.5 Å². The standard InChI is InChI=1S/C20H21Cl2N5O2/c1-4-5-6-9-26-15(13-8-7-12(21)10-14(13)22)11-27-16-17(23-19(26)27)24(2)20(29)25(3)18(16)28/h7-8,10-11H,4-6,9H2,1-3H3. The van der Waals surface area contributed by atoms with Crippen molar-refractivity contribution in [2.24, 2.45) is 14.1 Å². The summed E-state index contributed by atoms with van der Waals surface area (Å²) in [5.41, 5.74) is 1.61. The fraction of sp³-hybridized carbons (Fsp3) is 0.350. The van der Waals surface area contributed by atoms with Crippen molar-refractivity contribution in [1.29, 1.82) is 0 Å². The van der Waals surface area contributed by atoms with Crippen LogP contribution in [0.5, 0.6) is 0 Å². The van der Waals surface area contributed by atoms with Gasteiger partial charge in [-0.3, -0.25) is 18.3 Å². The maximum absolute atomic E-state index is 12.8.